The van der Waals surface area contributed by atoms with E-state index in [9.17, 15) is 5.11 Å². The van der Waals surface area contributed by atoms with E-state index in [2.05, 4.69) is 15.0 Å². The normalized spacial score (nSPS) is 11.4. The molecule has 0 saturated heterocycles. The molecule has 34 heavy (non-hydrogen) atoms. The molecule has 0 atom stereocenters. The van der Waals surface area contributed by atoms with Crippen molar-refractivity contribution in [3.63, 3.8) is 0 Å². The highest BCUT2D eigenvalue weighted by Crippen LogP contribution is 2.36. The minimum Gasteiger partial charge on any atom is -0.504 e. The lowest BCUT2D eigenvalue weighted by molar-refractivity contribution is 0.388. The average Bonchev–Trinajstić information content (AvgIpc) is 3.47. The number of nitrogens with zero attached hydrogens (tertiary/aromatic N) is 6. The van der Waals surface area contributed by atoms with Crippen LogP contribution in [-0.4, -0.2) is 55.3 Å². The quantitative estimate of drug-likeness (QED) is 0.411. The van der Waals surface area contributed by atoms with Gasteiger partial charge < -0.3 is 19.3 Å². The first-order valence-electron chi connectivity index (χ1n) is 10.6. The minimum absolute atomic E-state index is 0.144. The summed E-state index contributed by atoms with van der Waals surface area (Å²) in [7, 11) is 5.50. The number of halogens is 1. The first-order valence-corrected chi connectivity index (χ1v) is 10.6. The van der Waals surface area contributed by atoms with Gasteiger partial charge in [-0.1, -0.05) is 0 Å². The number of methoxy groups -OCH3 is 1. The maximum Gasteiger partial charge on any atom is 0.168 e. The molecular formula is C25H23FN6O2. The Kier molecular flexibility index (Phi) is 5.46. The molecule has 0 saturated carbocycles. The number of pyridine rings is 1. The van der Waals surface area contributed by atoms with Crippen LogP contribution < -0.4 is 4.74 Å². The number of aromatic hydroxyl groups is 1. The summed E-state index contributed by atoms with van der Waals surface area (Å²) < 4.78 is 24.1. The Morgan fingerprint density at radius 3 is 2.47 bits per heavy atom. The molecule has 1 N–H and O–H groups in total. The predicted octanol–water partition coefficient (Wildman–Crippen LogP) is 4.19. The molecule has 0 spiro atoms. The van der Waals surface area contributed by atoms with Gasteiger partial charge in [-0.05, 0) is 56.6 Å². The molecular weight excluding hydrogens is 435 g/mol. The topological polar surface area (TPSA) is 81.2 Å². The van der Waals surface area contributed by atoms with Crippen LogP contribution in [0.2, 0.25) is 0 Å². The van der Waals surface area contributed by atoms with Crippen LogP contribution in [0.3, 0.4) is 0 Å². The third kappa shape index (κ3) is 3.75. The number of ether oxygens (including phenoxy) is 1. The van der Waals surface area contributed by atoms with Gasteiger partial charge in [0.25, 0.3) is 0 Å². The highest BCUT2D eigenvalue weighted by atomic mass is 19.1. The molecule has 3 heterocycles. The average molecular weight is 458 g/mol. The Morgan fingerprint density at radius 2 is 1.76 bits per heavy atom. The van der Waals surface area contributed by atoms with Crippen LogP contribution in [0.4, 0.5) is 4.39 Å². The Morgan fingerprint density at radius 1 is 1.00 bits per heavy atom. The predicted molar refractivity (Wildman–Crippen MR) is 127 cm³/mol. The summed E-state index contributed by atoms with van der Waals surface area (Å²) in [5, 5.41) is 11.1. The standard InChI is InChI=1S/C25H23FN6O2/c1-30(2)14-22-27-10-11-31(22)17-6-9-19(20(26)12-17)23-25(33)24-21(13-28-23)29-15-32(24)16-4-7-18(34-3)8-5-16/h4-13,15,33H,14H2,1-3H3. The van der Waals surface area contributed by atoms with Crippen molar-refractivity contribution in [3.8, 4) is 34.1 Å². The van der Waals surface area contributed by atoms with Crippen molar-refractivity contribution < 1.29 is 14.2 Å². The Balaban J connectivity index is 1.57. The fraction of sp³-hybridized carbons (Fsp3) is 0.160. The van der Waals surface area contributed by atoms with E-state index in [1.165, 1.54) is 12.3 Å². The molecule has 3 aromatic heterocycles. The molecule has 0 aliphatic heterocycles. The third-order valence-corrected chi connectivity index (χ3v) is 5.57. The van der Waals surface area contributed by atoms with Crippen molar-refractivity contribution in [2.45, 2.75) is 6.54 Å². The highest BCUT2D eigenvalue weighted by Gasteiger charge is 2.19. The maximum atomic E-state index is 15.3. The smallest absolute Gasteiger partial charge is 0.168 e. The summed E-state index contributed by atoms with van der Waals surface area (Å²) in [5.74, 6) is 0.865. The van der Waals surface area contributed by atoms with Gasteiger partial charge in [0, 0.05) is 29.3 Å². The van der Waals surface area contributed by atoms with Crippen molar-refractivity contribution in [2.24, 2.45) is 0 Å². The first kappa shape index (κ1) is 21.6. The fourth-order valence-corrected chi connectivity index (χ4v) is 3.94. The van der Waals surface area contributed by atoms with Crippen molar-refractivity contribution in [2.75, 3.05) is 21.2 Å². The van der Waals surface area contributed by atoms with E-state index in [1.807, 2.05) is 47.8 Å². The highest BCUT2D eigenvalue weighted by molar-refractivity contribution is 5.89. The van der Waals surface area contributed by atoms with Gasteiger partial charge in [0.05, 0.1) is 19.9 Å². The molecule has 0 aliphatic rings. The monoisotopic (exact) mass is 458 g/mol. The molecule has 0 amide bonds. The van der Waals surface area contributed by atoms with Crippen LogP contribution in [-0.2, 0) is 6.54 Å². The minimum atomic E-state index is -0.500. The van der Waals surface area contributed by atoms with E-state index in [-0.39, 0.29) is 17.0 Å². The van der Waals surface area contributed by atoms with Gasteiger partial charge >= 0.3 is 0 Å². The SMILES string of the molecule is COc1ccc(-n2cnc3cnc(-c4ccc(-n5ccnc5CN(C)C)cc4F)c(O)c32)cc1. The van der Waals surface area contributed by atoms with Crippen LogP contribution in [0, 0.1) is 5.82 Å². The molecule has 172 valence electrons. The van der Waals surface area contributed by atoms with Crippen LogP contribution in [0.25, 0.3) is 33.7 Å². The summed E-state index contributed by atoms with van der Waals surface area (Å²) in [5.41, 5.74) is 2.70. The zero-order valence-electron chi connectivity index (χ0n) is 19.0. The molecule has 0 fully saturated rings. The first-order chi connectivity index (χ1) is 16.5. The Labute approximate surface area is 195 Å². The molecule has 0 aliphatic carbocycles. The fourth-order valence-electron chi connectivity index (χ4n) is 3.94. The second-order valence-electron chi connectivity index (χ2n) is 8.12. The van der Waals surface area contributed by atoms with Gasteiger partial charge in [-0.3, -0.25) is 4.57 Å². The molecule has 9 heteroatoms. The van der Waals surface area contributed by atoms with E-state index in [0.717, 1.165) is 11.5 Å². The van der Waals surface area contributed by atoms with Crippen LogP contribution in [0.1, 0.15) is 5.82 Å². The number of fused-ring (bicyclic) bond motifs is 1. The third-order valence-electron chi connectivity index (χ3n) is 5.57. The molecule has 2 aromatic carbocycles. The van der Waals surface area contributed by atoms with Crippen molar-refractivity contribution in [1.29, 1.82) is 0 Å². The summed E-state index contributed by atoms with van der Waals surface area (Å²) in [6.07, 6.45) is 6.61. The van der Waals surface area contributed by atoms with Crippen LogP contribution in [0.15, 0.2) is 67.4 Å². The number of hydrogen-bond donors (Lipinski definition) is 1. The van der Waals surface area contributed by atoms with E-state index in [1.54, 1.807) is 42.5 Å². The second kappa shape index (κ2) is 8.60. The van der Waals surface area contributed by atoms with E-state index in [0.29, 0.717) is 29.0 Å². The number of rotatable bonds is 6. The van der Waals surface area contributed by atoms with Gasteiger partial charge in [0.1, 0.15) is 40.4 Å². The lowest BCUT2D eigenvalue weighted by Gasteiger charge is -2.14. The molecule has 0 unspecified atom stereocenters. The molecule has 0 radical (unpaired) electrons. The summed E-state index contributed by atoms with van der Waals surface area (Å²) in [6.45, 7) is 0.616. The zero-order chi connectivity index (χ0) is 23.8. The van der Waals surface area contributed by atoms with E-state index >= 15 is 4.39 Å². The van der Waals surface area contributed by atoms with Gasteiger partial charge in [-0.25, -0.2) is 19.3 Å². The van der Waals surface area contributed by atoms with Gasteiger partial charge in [0.2, 0.25) is 0 Å². The number of imidazole rings is 2. The summed E-state index contributed by atoms with van der Waals surface area (Å²) in [4.78, 5) is 15.0. The molecule has 8 nitrogen and oxygen atoms in total. The second-order valence-corrected chi connectivity index (χ2v) is 8.12. The van der Waals surface area contributed by atoms with Gasteiger partial charge in [-0.15, -0.1) is 0 Å². The largest absolute Gasteiger partial charge is 0.504 e. The van der Waals surface area contributed by atoms with Crippen molar-refractivity contribution in [3.05, 3.63) is 79.0 Å². The Bertz CT molecular complexity index is 1470. The van der Waals surface area contributed by atoms with Crippen molar-refractivity contribution >= 4 is 11.0 Å². The Hall–Kier alpha value is -4.24. The lowest BCUT2D eigenvalue weighted by atomic mass is 10.1. The lowest BCUT2D eigenvalue weighted by Crippen LogP contribution is -2.14. The molecule has 5 aromatic rings. The summed E-state index contributed by atoms with van der Waals surface area (Å²) in [6, 6.07) is 12.2. The zero-order valence-corrected chi connectivity index (χ0v) is 19.0. The van der Waals surface area contributed by atoms with Crippen molar-refractivity contribution in [1.82, 2.24) is 29.0 Å². The van der Waals surface area contributed by atoms with Crippen LogP contribution in [0.5, 0.6) is 11.5 Å². The molecule has 0 bridgehead atoms. The number of benzene rings is 2. The van der Waals surface area contributed by atoms with E-state index < -0.39 is 5.82 Å². The van der Waals surface area contributed by atoms with Crippen LogP contribution >= 0.6 is 0 Å². The number of hydrogen-bond acceptors (Lipinski definition) is 6. The maximum absolute atomic E-state index is 15.3. The summed E-state index contributed by atoms with van der Waals surface area (Å²) >= 11 is 0. The molecule has 5 rings (SSSR count). The number of aromatic nitrogens is 5. The van der Waals surface area contributed by atoms with Gasteiger partial charge in [0.15, 0.2) is 5.75 Å². The van der Waals surface area contributed by atoms with E-state index in [4.69, 9.17) is 4.74 Å². The van der Waals surface area contributed by atoms with Gasteiger partial charge in [-0.2, -0.15) is 0 Å².